The van der Waals surface area contributed by atoms with Gasteiger partial charge in [0.2, 0.25) is 0 Å². The van der Waals surface area contributed by atoms with E-state index < -0.39 is 11.9 Å². The van der Waals surface area contributed by atoms with E-state index in [1.54, 1.807) is 6.92 Å². The standard InChI is InChI=1S/C13H15NO3/c1-2-17-13(16)12(15)14-11-8-10(11)9-6-4-3-5-7-9/h3-7,10-11H,2,8H2,1H3,(H,14,15). The number of hydrogen-bond donors (Lipinski definition) is 1. The number of carbonyl (C=O) groups is 2. The highest BCUT2D eigenvalue weighted by Crippen LogP contribution is 2.40. The van der Waals surface area contributed by atoms with Gasteiger partial charge in [-0.1, -0.05) is 30.3 Å². The minimum atomic E-state index is -0.800. The molecule has 1 saturated carbocycles. The van der Waals surface area contributed by atoms with Crippen LogP contribution in [0.1, 0.15) is 24.8 Å². The third-order valence-electron chi connectivity index (χ3n) is 2.80. The molecule has 1 aliphatic rings. The molecule has 1 amide bonds. The van der Waals surface area contributed by atoms with E-state index in [1.165, 1.54) is 5.56 Å². The van der Waals surface area contributed by atoms with Gasteiger partial charge >= 0.3 is 11.9 Å². The van der Waals surface area contributed by atoms with Crippen LogP contribution < -0.4 is 5.32 Å². The monoisotopic (exact) mass is 233 g/mol. The van der Waals surface area contributed by atoms with Gasteiger partial charge in [0.25, 0.3) is 0 Å². The molecule has 0 radical (unpaired) electrons. The van der Waals surface area contributed by atoms with E-state index >= 15 is 0 Å². The first-order valence-electron chi connectivity index (χ1n) is 5.75. The molecule has 1 aromatic rings. The molecular formula is C13H15NO3. The first kappa shape index (κ1) is 11.6. The van der Waals surface area contributed by atoms with Crippen molar-refractivity contribution in [1.82, 2.24) is 5.32 Å². The van der Waals surface area contributed by atoms with E-state index in [0.717, 1.165) is 6.42 Å². The van der Waals surface area contributed by atoms with E-state index in [-0.39, 0.29) is 12.6 Å². The first-order valence-corrected chi connectivity index (χ1v) is 5.75. The molecule has 90 valence electrons. The molecule has 1 fully saturated rings. The second-order valence-corrected chi connectivity index (χ2v) is 4.05. The van der Waals surface area contributed by atoms with Gasteiger partial charge in [-0.25, -0.2) is 4.79 Å². The van der Waals surface area contributed by atoms with Crippen molar-refractivity contribution in [3.8, 4) is 0 Å². The van der Waals surface area contributed by atoms with Crippen LogP contribution in [0.2, 0.25) is 0 Å². The Bertz CT molecular complexity index is 416. The van der Waals surface area contributed by atoms with Gasteiger partial charge < -0.3 is 10.1 Å². The van der Waals surface area contributed by atoms with E-state index in [4.69, 9.17) is 0 Å². The molecule has 4 nitrogen and oxygen atoms in total. The summed E-state index contributed by atoms with van der Waals surface area (Å²) in [6.07, 6.45) is 0.884. The number of rotatable bonds is 3. The minimum Gasteiger partial charge on any atom is -0.459 e. The van der Waals surface area contributed by atoms with Crippen LogP contribution in [0.15, 0.2) is 30.3 Å². The van der Waals surface area contributed by atoms with Crippen molar-refractivity contribution < 1.29 is 14.3 Å². The van der Waals surface area contributed by atoms with Crippen LogP contribution in [0.4, 0.5) is 0 Å². The predicted molar refractivity (Wildman–Crippen MR) is 62.4 cm³/mol. The molecular weight excluding hydrogens is 218 g/mol. The van der Waals surface area contributed by atoms with Crippen LogP contribution in [0, 0.1) is 0 Å². The molecule has 0 bridgehead atoms. The summed E-state index contributed by atoms with van der Waals surface area (Å²) in [6.45, 7) is 1.90. The lowest BCUT2D eigenvalue weighted by atomic mass is 10.1. The Morgan fingerprint density at radius 1 is 1.35 bits per heavy atom. The third kappa shape index (κ3) is 2.84. The fourth-order valence-corrected chi connectivity index (χ4v) is 1.85. The number of benzene rings is 1. The van der Waals surface area contributed by atoms with E-state index in [2.05, 4.69) is 10.1 Å². The maximum absolute atomic E-state index is 11.4. The van der Waals surface area contributed by atoms with Crippen LogP contribution in [0.3, 0.4) is 0 Å². The van der Waals surface area contributed by atoms with Crippen molar-refractivity contribution in [2.24, 2.45) is 0 Å². The number of amides is 1. The molecule has 2 rings (SSSR count). The van der Waals surface area contributed by atoms with Gasteiger partial charge in [0.05, 0.1) is 6.61 Å². The normalized spacial score (nSPS) is 21.7. The number of hydrogen-bond acceptors (Lipinski definition) is 3. The number of carbonyl (C=O) groups excluding carboxylic acids is 2. The summed E-state index contributed by atoms with van der Waals surface area (Å²) in [4.78, 5) is 22.5. The second kappa shape index (κ2) is 4.99. The van der Waals surface area contributed by atoms with Gasteiger partial charge in [-0.15, -0.1) is 0 Å². The Hall–Kier alpha value is -1.84. The Balaban J connectivity index is 1.84. The van der Waals surface area contributed by atoms with Gasteiger partial charge in [0, 0.05) is 12.0 Å². The average molecular weight is 233 g/mol. The van der Waals surface area contributed by atoms with Crippen LogP contribution in [-0.4, -0.2) is 24.5 Å². The fourth-order valence-electron chi connectivity index (χ4n) is 1.85. The molecule has 0 saturated heterocycles. The lowest BCUT2D eigenvalue weighted by molar-refractivity contribution is -0.154. The molecule has 2 unspecified atom stereocenters. The van der Waals surface area contributed by atoms with Crippen LogP contribution in [-0.2, 0) is 14.3 Å². The maximum Gasteiger partial charge on any atom is 0.396 e. The van der Waals surface area contributed by atoms with Gasteiger partial charge in [0.1, 0.15) is 0 Å². The second-order valence-electron chi connectivity index (χ2n) is 4.05. The highest BCUT2D eigenvalue weighted by Gasteiger charge is 2.40. The molecule has 0 heterocycles. The van der Waals surface area contributed by atoms with Gasteiger partial charge in [-0.2, -0.15) is 0 Å². The number of ether oxygens (including phenoxy) is 1. The molecule has 0 aromatic heterocycles. The van der Waals surface area contributed by atoms with Crippen molar-refractivity contribution in [3.63, 3.8) is 0 Å². The zero-order valence-corrected chi connectivity index (χ0v) is 9.68. The molecule has 0 aliphatic heterocycles. The van der Waals surface area contributed by atoms with E-state index in [1.807, 2.05) is 30.3 Å². The topological polar surface area (TPSA) is 55.4 Å². The summed E-state index contributed by atoms with van der Waals surface area (Å²) in [7, 11) is 0. The molecule has 1 aromatic carbocycles. The summed E-state index contributed by atoms with van der Waals surface area (Å²) < 4.78 is 4.62. The Morgan fingerprint density at radius 2 is 2.06 bits per heavy atom. The van der Waals surface area contributed by atoms with Gasteiger partial charge in [-0.05, 0) is 18.9 Å². The lowest BCUT2D eigenvalue weighted by Crippen LogP contribution is -2.34. The predicted octanol–water partition coefficient (Wildman–Crippen LogP) is 1.22. The Morgan fingerprint density at radius 3 is 2.71 bits per heavy atom. The largest absolute Gasteiger partial charge is 0.459 e. The summed E-state index contributed by atoms with van der Waals surface area (Å²) in [5.74, 6) is -1.11. The Kier molecular flexibility index (Phi) is 3.42. The highest BCUT2D eigenvalue weighted by molar-refractivity contribution is 6.32. The van der Waals surface area contributed by atoms with E-state index in [0.29, 0.717) is 5.92 Å². The summed E-state index contributed by atoms with van der Waals surface area (Å²) >= 11 is 0. The maximum atomic E-state index is 11.4. The third-order valence-corrected chi connectivity index (χ3v) is 2.80. The van der Waals surface area contributed by atoms with Crippen molar-refractivity contribution in [2.75, 3.05) is 6.61 Å². The Labute approximate surface area is 100.0 Å². The quantitative estimate of drug-likeness (QED) is 0.631. The minimum absolute atomic E-state index is 0.0642. The van der Waals surface area contributed by atoms with Crippen LogP contribution in [0.25, 0.3) is 0 Å². The van der Waals surface area contributed by atoms with Crippen molar-refractivity contribution in [3.05, 3.63) is 35.9 Å². The molecule has 0 spiro atoms. The lowest BCUT2D eigenvalue weighted by Gasteiger charge is -2.04. The fraction of sp³-hybridized carbons (Fsp3) is 0.385. The number of esters is 1. The van der Waals surface area contributed by atoms with Crippen molar-refractivity contribution in [2.45, 2.75) is 25.3 Å². The number of nitrogens with one attached hydrogen (secondary N) is 1. The van der Waals surface area contributed by atoms with Crippen LogP contribution in [0.5, 0.6) is 0 Å². The molecule has 1 aliphatic carbocycles. The first-order chi connectivity index (χ1) is 8.22. The van der Waals surface area contributed by atoms with Crippen LogP contribution >= 0.6 is 0 Å². The zero-order valence-electron chi connectivity index (χ0n) is 9.68. The summed E-state index contributed by atoms with van der Waals surface area (Å²) in [6, 6.07) is 10.0. The van der Waals surface area contributed by atoms with Gasteiger partial charge in [0.15, 0.2) is 0 Å². The molecule has 17 heavy (non-hydrogen) atoms. The SMILES string of the molecule is CCOC(=O)C(=O)NC1CC1c1ccccc1. The summed E-state index contributed by atoms with van der Waals surface area (Å²) in [5.41, 5.74) is 1.20. The molecule has 4 heteroatoms. The smallest absolute Gasteiger partial charge is 0.396 e. The zero-order chi connectivity index (χ0) is 12.3. The van der Waals surface area contributed by atoms with E-state index in [9.17, 15) is 9.59 Å². The summed E-state index contributed by atoms with van der Waals surface area (Å²) in [5, 5.41) is 2.67. The van der Waals surface area contributed by atoms with Crippen molar-refractivity contribution >= 4 is 11.9 Å². The van der Waals surface area contributed by atoms with Crippen molar-refractivity contribution in [1.29, 1.82) is 0 Å². The molecule has 2 atom stereocenters. The average Bonchev–Trinajstić information content (AvgIpc) is 3.10. The highest BCUT2D eigenvalue weighted by atomic mass is 16.5. The van der Waals surface area contributed by atoms with Gasteiger partial charge in [-0.3, -0.25) is 4.79 Å². The molecule has 1 N–H and O–H groups in total.